The zero-order chi connectivity index (χ0) is 71.7. The molecule has 6 heterocycles. The van der Waals surface area contributed by atoms with Gasteiger partial charge in [0, 0.05) is 46.8 Å². The summed E-state index contributed by atoms with van der Waals surface area (Å²) in [7, 11) is 0. The van der Waals surface area contributed by atoms with E-state index in [1.54, 1.807) is 37.2 Å². The number of carbonyl (C=O) groups excluding carboxylic acids is 4. The normalized spacial score (nSPS) is 22.2. The van der Waals surface area contributed by atoms with Crippen molar-refractivity contribution in [3.8, 4) is 34.3 Å². The quantitative estimate of drug-likeness (QED) is 0.0854. The molecular formula is C78H89BrCeCl3MgN12O9. The minimum absolute atomic E-state index is 0. The molecule has 3 aliphatic carbocycles. The number of rotatable bonds is 12. The van der Waals surface area contributed by atoms with Crippen LogP contribution in [0.1, 0.15) is 181 Å². The summed E-state index contributed by atoms with van der Waals surface area (Å²) in [6.07, 6.45) is 22.0. The first kappa shape index (κ1) is 82.7. The maximum absolute atomic E-state index is 13.6. The summed E-state index contributed by atoms with van der Waals surface area (Å²) >= 11 is -2.24. The van der Waals surface area contributed by atoms with Gasteiger partial charge >= 0.3 is 70.6 Å². The molecule has 0 unspecified atom stereocenters. The van der Waals surface area contributed by atoms with Crippen molar-refractivity contribution in [1.82, 2.24) is 59.7 Å². The van der Waals surface area contributed by atoms with Crippen molar-refractivity contribution < 1.29 is 91.3 Å². The number of aliphatic hydroxyl groups is 2. The van der Waals surface area contributed by atoms with Gasteiger partial charge in [-0.25, -0.2) is 0 Å². The molecule has 0 bridgehead atoms. The van der Waals surface area contributed by atoms with Gasteiger partial charge < -0.3 is 63.5 Å². The average molecular weight is 1690 g/mol. The molecule has 0 radical (unpaired) electrons. The van der Waals surface area contributed by atoms with E-state index in [1.165, 1.54) is 14.4 Å². The Labute approximate surface area is 662 Å². The number of carbonyl (C=O) groups is 4. The van der Waals surface area contributed by atoms with E-state index in [9.17, 15) is 29.4 Å². The molecule has 27 heteroatoms. The number of piperidine rings is 3. The molecule has 0 saturated carbocycles. The number of ether oxygens (including phenoxy) is 3. The molecule has 105 heavy (non-hydrogen) atoms. The van der Waals surface area contributed by atoms with E-state index in [-0.39, 0.29) is 107 Å². The van der Waals surface area contributed by atoms with E-state index in [0.29, 0.717) is 59.8 Å². The van der Waals surface area contributed by atoms with Gasteiger partial charge in [0.25, 0.3) is 17.7 Å². The standard InChI is InChI=1S/2C26H30N4O3.C25H26N4O3.CH3.BrH.Ce.3ClH.Mg/c2*1-18-12-13-19(33-24-11-5-9-22-20(24)8-6-14-26(22,2)32)17-29(18)25(31)21-7-3-4-10-23(21)30-27-15-16-28-30;1-17-12-13-18(32-24-11-5-7-19-20(24)8-4-10-23(19)30)16-28(17)25(31)21-6-2-3-9-22(21)29-26-14-15-27-29;;;;;;;/h2*3-5,7,9-11,15-16,18-19,32H,6,8,12-14,17H2,1-2H3;2-3,5-7,9,11,14-15,17-18H,4,8,10,12-13,16H2,1H3;1H3;1H;;3*1H;/q;;;-1;;+3;;;;+2/p-4/t18-,19-,26+;18-,19-,26-;17-,18-;;;;;;;/m111......./s1. The van der Waals surface area contributed by atoms with Gasteiger partial charge in [0.2, 0.25) is 0 Å². The number of para-hydroxylation sites is 3. The maximum Gasteiger partial charge on any atom is 2.00 e. The first-order chi connectivity index (χ1) is 49.2. The largest absolute Gasteiger partial charge is 2.00 e. The summed E-state index contributed by atoms with van der Waals surface area (Å²) in [4.78, 5) is 63.2. The van der Waals surface area contributed by atoms with Crippen LogP contribution in [-0.4, -0.2) is 173 Å². The van der Waals surface area contributed by atoms with Crippen LogP contribution < -0.4 is 31.2 Å². The molecule has 3 saturated heterocycles. The number of hydrogen-bond donors (Lipinski definition) is 2. The number of fused-ring (bicyclic) bond motifs is 3. The van der Waals surface area contributed by atoms with Gasteiger partial charge in [-0.2, -0.15) is 45.0 Å². The smallest absolute Gasteiger partial charge is 2.00 e. The van der Waals surface area contributed by atoms with Crippen molar-refractivity contribution in [3.63, 3.8) is 0 Å². The first-order valence-electron chi connectivity index (χ1n) is 35.2. The van der Waals surface area contributed by atoms with Crippen LogP contribution in [0.2, 0.25) is 0 Å². The second-order valence-corrected chi connectivity index (χ2v) is 41.3. The van der Waals surface area contributed by atoms with Crippen molar-refractivity contribution in [1.29, 1.82) is 0 Å². The van der Waals surface area contributed by atoms with Crippen LogP contribution in [0.3, 0.4) is 0 Å². The third-order valence-electron chi connectivity index (χ3n) is 20.4. The summed E-state index contributed by atoms with van der Waals surface area (Å²) in [5.41, 5.74) is 23.1. The van der Waals surface area contributed by atoms with Gasteiger partial charge in [-0.3, -0.25) is 19.2 Å². The third kappa shape index (κ3) is 19.7. The Morgan fingerprint density at radius 1 is 0.448 bits per heavy atom. The molecule has 8 atom stereocenters. The third-order valence-corrected chi connectivity index (χ3v) is 20.4. The van der Waals surface area contributed by atoms with Gasteiger partial charge in [0.1, 0.15) is 35.6 Å². The van der Waals surface area contributed by atoms with Crippen LogP contribution in [0, 0.1) is 38.1 Å². The Kier molecular flexibility index (Phi) is 29.6. The van der Waals surface area contributed by atoms with Crippen molar-refractivity contribution in [3.05, 3.63) is 222 Å². The Morgan fingerprint density at radius 3 is 1.10 bits per heavy atom. The molecular weight excluding hydrogens is 1600 g/mol. The second kappa shape index (κ2) is 37.6. The van der Waals surface area contributed by atoms with E-state index >= 15 is 0 Å². The molecule has 549 valence electrons. The number of halogens is 4. The van der Waals surface area contributed by atoms with Gasteiger partial charge in [-0.1, -0.05) is 72.8 Å². The molecule has 3 amide bonds. The summed E-state index contributed by atoms with van der Waals surface area (Å²) < 4.78 is 19.4. The Morgan fingerprint density at radius 2 is 0.752 bits per heavy atom. The van der Waals surface area contributed by atoms with Crippen LogP contribution in [0.4, 0.5) is 0 Å². The van der Waals surface area contributed by atoms with Crippen molar-refractivity contribution >= 4 is 63.4 Å². The maximum atomic E-state index is 13.6. The fraction of sp³-hybridized carbons (Fsp3) is 0.397. The van der Waals surface area contributed by atoms with E-state index in [0.717, 1.165) is 141 Å². The van der Waals surface area contributed by atoms with Crippen LogP contribution in [0.5, 0.6) is 17.2 Å². The number of aromatic nitrogens is 9. The topological polar surface area (TPSA) is 238 Å². The van der Waals surface area contributed by atoms with Gasteiger partial charge in [-0.15, -0.1) is 0 Å². The van der Waals surface area contributed by atoms with Crippen LogP contribution in [0.25, 0.3) is 17.1 Å². The minimum Gasteiger partial charge on any atom is 2.00 e. The SMILES string of the molecule is C[C@@H]1CC[C@@H](Oc2cccc3c2CCCC3=O)CN1C(=O)c1ccccc1-n1nccn1.C[C@@H]1CC[C@@H](Oc2cccc3c2CCC[C@@]3(C)O)CN1C(=O)c1ccccc1-n1nccn1.C[C@@H]1CC[C@@H](Oc2cccc3c2CCC[C@]3(C)O)CN1C(=O)c1ccccc1-n1nccn1.[Br-].[CH3-].[Cl][Ce]([Cl])[Cl].[Mg+2]. The molecule has 3 aliphatic heterocycles. The summed E-state index contributed by atoms with van der Waals surface area (Å²) in [6.45, 7) is 11.5. The average Bonchev–Trinajstić information content (AvgIpc) is 1.77. The summed E-state index contributed by atoms with van der Waals surface area (Å²) in [5.74, 6) is 2.51. The molecule has 3 fully saturated rings. The predicted octanol–water partition coefficient (Wildman–Crippen LogP) is 10.8. The van der Waals surface area contributed by atoms with Gasteiger partial charge in [0.05, 0.1) is 102 Å². The Bertz CT molecular complexity index is 4200. The van der Waals surface area contributed by atoms with Crippen LogP contribution >= 0.6 is 16.9 Å². The van der Waals surface area contributed by atoms with Crippen LogP contribution in [-0.2, 0) is 30.5 Å². The number of benzene rings is 6. The fourth-order valence-corrected chi connectivity index (χ4v) is 15.0. The minimum atomic E-state index is -2.24. The zero-order valence-corrected chi connectivity index (χ0v) is 68.5. The molecule has 15 rings (SSSR count). The van der Waals surface area contributed by atoms with E-state index in [2.05, 4.69) is 51.4 Å². The zero-order valence-electron chi connectivity index (χ0n) is 60.1. The van der Waals surface area contributed by atoms with Crippen molar-refractivity contribution in [2.75, 3.05) is 19.6 Å². The number of nitrogens with zero attached hydrogens (tertiary/aromatic N) is 12. The van der Waals surface area contributed by atoms with Crippen molar-refractivity contribution in [2.24, 2.45) is 0 Å². The van der Waals surface area contributed by atoms with Crippen LogP contribution in [0.15, 0.2) is 165 Å². The number of Topliss-reactive ketones (excluding diaryl/α,β-unsaturated/α-hetero) is 1. The summed E-state index contributed by atoms with van der Waals surface area (Å²) in [6, 6.07) is 40.2. The van der Waals surface area contributed by atoms with E-state index in [4.69, 9.17) is 31.1 Å². The molecule has 6 aromatic carbocycles. The van der Waals surface area contributed by atoms with E-state index < -0.39 is 41.9 Å². The molecule has 6 aliphatic rings. The second-order valence-electron chi connectivity index (χ2n) is 27.5. The monoisotopic (exact) mass is 1690 g/mol. The number of amides is 3. The predicted molar refractivity (Wildman–Crippen MR) is 398 cm³/mol. The summed E-state index contributed by atoms with van der Waals surface area (Å²) in [5, 5.41) is 46.8. The number of hydrogen-bond acceptors (Lipinski definition) is 15. The van der Waals surface area contributed by atoms with Crippen molar-refractivity contribution in [2.45, 2.75) is 179 Å². The molecule has 3 aromatic heterocycles. The Balaban J connectivity index is 0.000000175. The molecule has 9 aromatic rings. The van der Waals surface area contributed by atoms with Gasteiger partial charge in [-0.05, 0) is 190 Å². The number of ketones is 1. The Hall–Kier alpha value is -6.37. The first-order valence-corrected chi connectivity index (χ1v) is 47.0. The molecule has 0 spiro atoms. The number of likely N-dealkylation sites (tertiary alicyclic amines) is 3. The van der Waals surface area contributed by atoms with Gasteiger partial charge in [0.15, 0.2) is 5.78 Å². The molecule has 21 nitrogen and oxygen atoms in total. The van der Waals surface area contributed by atoms with E-state index in [1.807, 2.05) is 156 Å². The fourth-order valence-electron chi connectivity index (χ4n) is 15.0. The molecule has 2 N–H and O–H groups in total.